The molecule has 18 heavy (non-hydrogen) atoms. The van der Waals surface area contributed by atoms with Crippen LogP contribution in [-0.2, 0) is 11.2 Å². The second-order valence-electron chi connectivity index (χ2n) is 5.43. The lowest BCUT2D eigenvalue weighted by atomic mass is 10.1. The molecule has 0 aliphatic carbocycles. The normalized spacial score (nSPS) is 22.6. The van der Waals surface area contributed by atoms with Crippen LogP contribution in [-0.4, -0.2) is 31.9 Å². The van der Waals surface area contributed by atoms with Crippen LogP contribution < -0.4 is 9.64 Å². The summed E-state index contributed by atoms with van der Waals surface area (Å²) >= 11 is 0. The number of ether oxygens (including phenoxy) is 2. The van der Waals surface area contributed by atoms with Crippen molar-refractivity contribution in [1.82, 2.24) is 0 Å². The molecule has 3 heteroatoms. The lowest BCUT2D eigenvalue weighted by molar-refractivity contribution is 0.141. The summed E-state index contributed by atoms with van der Waals surface area (Å²) in [7, 11) is 0. The van der Waals surface area contributed by atoms with E-state index >= 15 is 0 Å². The monoisotopic (exact) mass is 247 g/mol. The minimum atomic E-state index is 0.233. The maximum absolute atomic E-state index is 5.98. The van der Waals surface area contributed by atoms with E-state index in [4.69, 9.17) is 9.47 Å². The Morgan fingerprint density at radius 2 is 2.28 bits per heavy atom. The van der Waals surface area contributed by atoms with Crippen molar-refractivity contribution in [3.05, 3.63) is 23.8 Å². The Balaban J connectivity index is 1.79. The summed E-state index contributed by atoms with van der Waals surface area (Å²) in [4.78, 5) is 2.45. The number of anilines is 1. The van der Waals surface area contributed by atoms with Gasteiger partial charge in [0.15, 0.2) is 0 Å². The highest BCUT2D eigenvalue weighted by Gasteiger charge is 2.23. The highest BCUT2D eigenvalue weighted by atomic mass is 16.5. The summed E-state index contributed by atoms with van der Waals surface area (Å²) in [5, 5.41) is 0. The lowest BCUT2D eigenvalue weighted by Crippen LogP contribution is -2.28. The van der Waals surface area contributed by atoms with Crippen molar-refractivity contribution in [1.29, 1.82) is 0 Å². The molecule has 0 spiro atoms. The molecule has 0 radical (unpaired) electrons. The van der Waals surface area contributed by atoms with E-state index in [-0.39, 0.29) is 6.10 Å². The van der Waals surface area contributed by atoms with Gasteiger partial charge in [-0.3, -0.25) is 0 Å². The average molecular weight is 247 g/mol. The zero-order chi connectivity index (χ0) is 12.5. The Bertz CT molecular complexity index is 425. The second-order valence-corrected chi connectivity index (χ2v) is 5.43. The van der Waals surface area contributed by atoms with E-state index in [0.717, 1.165) is 38.3 Å². The van der Waals surface area contributed by atoms with Gasteiger partial charge < -0.3 is 14.4 Å². The van der Waals surface area contributed by atoms with E-state index in [9.17, 15) is 0 Å². The summed E-state index contributed by atoms with van der Waals surface area (Å²) in [6.07, 6.45) is 2.39. The molecule has 1 aromatic rings. The topological polar surface area (TPSA) is 21.7 Å². The number of hydrogen-bond donors (Lipinski definition) is 0. The van der Waals surface area contributed by atoms with Gasteiger partial charge in [-0.2, -0.15) is 0 Å². The molecule has 0 bridgehead atoms. The molecule has 1 fully saturated rings. The molecule has 2 heterocycles. The fourth-order valence-electron chi connectivity index (χ4n) is 2.79. The third-order valence-electron chi connectivity index (χ3n) is 3.80. The van der Waals surface area contributed by atoms with Gasteiger partial charge in [0, 0.05) is 30.8 Å². The highest BCUT2D eigenvalue weighted by molar-refractivity contribution is 5.61. The van der Waals surface area contributed by atoms with Crippen molar-refractivity contribution in [3.63, 3.8) is 0 Å². The number of rotatable bonds is 3. The van der Waals surface area contributed by atoms with Crippen LogP contribution >= 0.6 is 0 Å². The molecule has 3 rings (SSSR count). The third-order valence-corrected chi connectivity index (χ3v) is 3.80. The van der Waals surface area contributed by atoms with Gasteiger partial charge in [-0.1, -0.05) is 6.07 Å². The van der Waals surface area contributed by atoms with E-state index in [1.54, 1.807) is 0 Å². The van der Waals surface area contributed by atoms with Crippen molar-refractivity contribution in [2.24, 2.45) is 0 Å². The van der Waals surface area contributed by atoms with Crippen molar-refractivity contribution >= 4 is 5.69 Å². The Labute approximate surface area is 109 Å². The number of hydrogen-bond acceptors (Lipinski definition) is 3. The van der Waals surface area contributed by atoms with E-state index in [1.165, 1.54) is 11.3 Å². The predicted molar refractivity (Wildman–Crippen MR) is 72.5 cm³/mol. The molecular formula is C15H21NO2. The quantitative estimate of drug-likeness (QED) is 0.819. The van der Waals surface area contributed by atoms with Gasteiger partial charge >= 0.3 is 0 Å². The van der Waals surface area contributed by atoms with Crippen LogP contribution in [0.25, 0.3) is 0 Å². The van der Waals surface area contributed by atoms with Gasteiger partial charge in [-0.25, -0.2) is 0 Å². The molecule has 0 aromatic heterocycles. The van der Waals surface area contributed by atoms with Crippen LogP contribution in [0.15, 0.2) is 18.2 Å². The van der Waals surface area contributed by atoms with E-state index in [0.29, 0.717) is 6.04 Å². The van der Waals surface area contributed by atoms with Gasteiger partial charge in [0.2, 0.25) is 0 Å². The van der Waals surface area contributed by atoms with Crippen LogP contribution in [0.1, 0.15) is 25.8 Å². The van der Waals surface area contributed by atoms with E-state index < -0.39 is 0 Å². The van der Waals surface area contributed by atoms with Crippen molar-refractivity contribution in [3.8, 4) is 5.75 Å². The average Bonchev–Trinajstić information content (AvgIpc) is 2.97. The third kappa shape index (κ3) is 2.19. The summed E-state index contributed by atoms with van der Waals surface area (Å²) in [5.74, 6) is 0.983. The highest BCUT2D eigenvalue weighted by Crippen LogP contribution is 2.33. The van der Waals surface area contributed by atoms with Crippen LogP contribution in [0.3, 0.4) is 0 Å². The SMILES string of the molecule is CC(C)N1CCc2ccc(OC3CCOC3)cc21. The number of benzene rings is 1. The Morgan fingerprint density at radius 3 is 3.00 bits per heavy atom. The summed E-state index contributed by atoms with van der Waals surface area (Å²) < 4.78 is 11.3. The molecule has 1 saturated heterocycles. The van der Waals surface area contributed by atoms with Gasteiger partial charge in [-0.05, 0) is 31.9 Å². The van der Waals surface area contributed by atoms with Crippen LogP contribution in [0.5, 0.6) is 5.75 Å². The molecule has 2 aliphatic rings. The number of nitrogens with zero attached hydrogens (tertiary/aromatic N) is 1. The fraction of sp³-hybridized carbons (Fsp3) is 0.600. The van der Waals surface area contributed by atoms with Gasteiger partial charge in [0.25, 0.3) is 0 Å². The minimum absolute atomic E-state index is 0.233. The van der Waals surface area contributed by atoms with Crippen LogP contribution in [0.2, 0.25) is 0 Å². The summed E-state index contributed by atoms with van der Waals surface area (Å²) in [5.41, 5.74) is 2.79. The standard InChI is InChI=1S/C15H21NO2/c1-11(2)16-7-5-12-3-4-13(9-15(12)16)18-14-6-8-17-10-14/h3-4,9,11,14H,5-8,10H2,1-2H3. The van der Waals surface area contributed by atoms with Crippen molar-refractivity contribution in [2.75, 3.05) is 24.7 Å². The molecule has 0 amide bonds. The molecule has 3 nitrogen and oxygen atoms in total. The molecule has 1 aromatic carbocycles. The Kier molecular flexibility index (Phi) is 3.16. The number of fused-ring (bicyclic) bond motifs is 1. The summed E-state index contributed by atoms with van der Waals surface area (Å²) in [6.45, 7) is 7.17. The predicted octanol–water partition coefficient (Wildman–Crippen LogP) is 2.63. The van der Waals surface area contributed by atoms with Crippen molar-refractivity contribution < 1.29 is 9.47 Å². The maximum Gasteiger partial charge on any atom is 0.124 e. The van der Waals surface area contributed by atoms with Crippen LogP contribution in [0.4, 0.5) is 5.69 Å². The van der Waals surface area contributed by atoms with Crippen LogP contribution in [0, 0.1) is 0 Å². The largest absolute Gasteiger partial charge is 0.488 e. The first kappa shape index (κ1) is 11.8. The molecule has 1 unspecified atom stereocenters. The maximum atomic E-state index is 5.98. The van der Waals surface area contributed by atoms with Gasteiger partial charge in [0.05, 0.1) is 13.2 Å². The van der Waals surface area contributed by atoms with Gasteiger partial charge in [-0.15, -0.1) is 0 Å². The lowest BCUT2D eigenvalue weighted by Gasteiger charge is -2.24. The minimum Gasteiger partial charge on any atom is -0.488 e. The van der Waals surface area contributed by atoms with Crippen molar-refractivity contribution in [2.45, 2.75) is 38.8 Å². The molecule has 0 N–H and O–H groups in total. The Morgan fingerprint density at radius 1 is 1.39 bits per heavy atom. The zero-order valence-corrected chi connectivity index (χ0v) is 11.2. The molecule has 0 saturated carbocycles. The fourth-order valence-corrected chi connectivity index (χ4v) is 2.79. The smallest absolute Gasteiger partial charge is 0.124 e. The molecule has 1 atom stereocenters. The van der Waals surface area contributed by atoms with E-state index in [1.807, 2.05) is 0 Å². The first-order chi connectivity index (χ1) is 8.74. The second kappa shape index (κ2) is 4.81. The van der Waals surface area contributed by atoms with Gasteiger partial charge in [0.1, 0.15) is 11.9 Å². The summed E-state index contributed by atoms with van der Waals surface area (Å²) in [6, 6.07) is 7.06. The zero-order valence-electron chi connectivity index (χ0n) is 11.2. The Hall–Kier alpha value is -1.22. The first-order valence-corrected chi connectivity index (χ1v) is 6.88. The molecule has 98 valence electrons. The first-order valence-electron chi connectivity index (χ1n) is 6.88. The molecule has 2 aliphatic heterocycles. The molecular weight excluding hydrogens is 226 g/mol. The van der Waals surface area contributed by atoms with E-state index in [2.05, 4.69) is 36.9 Å².